The van der Waals surface area contributed by atoms with Crippen molar-refractivity contribution in [3.63, 3.8) is 0 Å². The Morgan fingerprint density at radius 1 is 0.939 bits per heavy atom. The number of aromatic nitrogens is 4. The maximum atomic E-state index is 10.1. The number of anilines is 1. The molecule has 0 radical (unpaired) electrons. The molecular formula is C26H28ClN5O. The summed E-state index contributed by atoms with van der Waals surface area (Å²) in [6.45, 7) is 0.658. The standard InChI is InChI=1S/C26H28ClN5O/c27-26-30-23(28-21(17-33)15-18-9-3-1-4-10-18)22-24(31-26)29-25(20-13-7-8-14-20)32(22)16-19-11-5-2-6-12-19/h1-6,9-12,20-21,33H,7-8,13-17H2,(H,28,30,31). The van der Waals surface area contributed by atoms with Gasteiger partial charge in [0.1, 0.15) is 11.3 Å². The molecule has 0 bridgehead atoms. The molecule has 1 saturated carbocycles. The van der Waals surface area contributed by atoms with Crippen molar-refractivity contribution >= 4 is 28.6 Å². The number of nitrogens with zero attached hydrogens (tertiary/aromatic N) is 4. The Kier molecular flexibility index (Phi) is 6.55. The molecule has 170 valence electrons. The number of nitrogens with one attached hydrogen (secondary N) is 1. The van der Waals surface area contributed by atoms with Crippen LogP contribution in [0.25, 0.3) is 11.2 Å². The van der Waals surface area contributed by atoms with Crippen molar-refractivity contribution in [3.05, 3.63) is 82.9 Å². The second-order valence-corrected chi connectivity index (χ2v) is 9.09. The largest absolute Gasteiger partial charge is 0.394 e. The quantitative estimate of drug-likeness (QED) is 0.353. The SMILES string of the molecule is OCC(Cc1ccccc1)Nc1nc(Cl)nc2nc(C3CCCC3)n(Cc3ccccc3)c12. The Morgan fingerprint density at radius 2 is 1.61 bits per heavy atom. The van der Waals surface area contributed by atoms with Gasteiger partial charge in [-0.15, -0.1) is 0 Å². The Labute approximate surface area is 198 Å². The summed E-state index contributed by atoms with van der Waals surface area (Å²) in [5.74, 6) is 2.08. The lowest BCUT2D eigenvalue weighted by Crippen LogP contribution is -2.27. The third-order valence-electron chi connectivity index (χ3n) is 6.40. The lowest BCUT2D eigenvalue weighted by atomic mass is 10.1. The zero-order valence-corrected chi connectivity index (χ0v) is 19.2. The fourth-order valence-electron chi connectivity index (χ4n) is 4.80. The zero-order chi connectivity index (χ0) is 22.6. The van der Waals surface area contributed by atoms with Crippen LogP contribution in [0.3, 0.4) is 0 Å². The molecule has 6 nitrogen and oxygen atoms in total. The molecule has 2 heterocycles. The Balaban J connectivity index is 1.57. The maximum absolute atomic E-state index is 10.1. The summed E-state index contributed by atoms with van der Waals surface area (Å²) in [5.41, 5.74) is 3.79. The summed E-state index contributed by atoms with van der Waals surface area (Å²) in [6.07, 6.45) is 5.38. The van der Waals surface area contributed by atoms with Crippen molar-refractivity contribution in [2.24, 2.45) is 0 Å². The van der Waals surface area contributed by atoms with Crippen LogP contribution in [0.4, 0.5) is 5.82 Å². The van der Waals surface area contributed by atoms with E-state index in [2.05, 4.69) is 56.3 Å². The van der Waals surface area contributed by atoms with E-state index in [0.29, 0.717) is 30.3 Å². The van der Waals surface area contributed by atoms with Crippen LogP contribution in [0.15, 0.2) is 60.7 Å². The second kappa shape index (κ2) is 9.89. The van der Waals surface area contributed by atoms with Crippen molar-refractivity contribution in [2.75, 3.05) is 11.9 Å². The number of hydrogen-bond donors (Lipinski definition) is 2. The highest BCUT2D eigenvalue weighted by molar-refractivity contribution is 6.28. The molecule has 1 aliphatic rings. The molecule has 4 aromatic rings. The summed E-state index contributed by atoms with van der Waals surface area (Å²) in [4.78, 5) is 14.0. The van der Waals surface area contributed by atoms with Crippen molar-refractivity contribution in [3.8, 4) is 0 Å². The lowest BCUT2D eigenvalue weighted by molar-refractivity contribution is 0.273. The van der Waals surface area contributed by atoms with Gasteiger partial charge < -0.3 is 15.0 Å². The molecule has 1 atom stereocenters. The van der Waals surface area contributed by atoms with Crippen LogP contribution in [0.1, 0.15) is 48.6 Å². The molecule has 0 saturated heterocycles. The Bertz CT molecular complexity index is 1210. The van der Waals surface area contributed by atoms with Crippen LogP contribution >= 0.6 is 11.6 Å². The Hall–Kier alpha value is -2.96. The summed E-state index contributed by atoms with van der Waals surface area (Å²) >= 11 is 6.32. The number of aliphatic hydroxyl groups excluding tert-OH is 1. The summed E-state index contributed by atoms with van der Waals surface area (Å²) in [5, 5.41) is 13.7. The molecule has 0 amide bonds. The maximum Gasteiger partial charge on any atom is 0.226 e. The van der Waals surface area contributed by atoms with Gasteiger partial charge in [-0.25, -0.2) is 4.98 Å². The number of benzene rings is 2. The van der Waals surface area contributed by atoms with Gasteiger partial charge in [0.05, 0.1) is 12.6 Å². The summed E-state index contributed by atoms with van der Waals surface area (Å²) in [6, 6.07) is 20.3. The molecule has 7 heteroatoms. The number of aliphatic hydroxyl groups is 1. The van der Waals surface area contributed by atoms with E-state index in [-0.39, 0.29) is 17.9 Å². The first kappa shape index (κ1) is 21.9. The molecule has 5 rings (SSSR count). The number of halogens is 1. The first-order chi connectivity index (χ1) is 16.2. The van der Waals surface area contributed by atoms with Crippen LogP contribution in [0, 0.1) is 0 Å². The number of fused-ring (bicyclic) bond motifs is 1. The van der Waals surface area contributed by atoms with Crippen LogP contribution < -0.4 is 5.32 Å². The number of imidazole rings is 1. The molecule has 33 heavy (non-hydrogen) atoms. The van der Waals surface area contributed by atoms with E-state index in [1.807, 2.05) is 24.3 Å². The summed E-state index contributed by atoms with van der Waals surface area (Å²) < 4.78 is 2.25. The first-order valence-corrected chi connectivity index (χ1v) is 12.0. The van der Waals surface area contributed by atoms with E-state index in [1.54, 1.807) is 0 Å². The molecule has 1 aliphatic carbocycles. The van der Waals surface area contributed by atoms with Crippen LogP contribution in [0.5, 0.6) is 0 Å². The fraction of sp³-hybridized carbons (Fsp3) is 0.346. The normalized spacial score (nSPS) is 15.2. The molecule has 2 aromatic heterocycles. The van der Waals surface area contributed by atoms with Gasteiger partial charge in [0.25, 0.3) is 0 Å². The summed E-state index contributed by atoms with van der Waals surface area (Å²) in [7, 11) is 0. The van der Waals surface area contributed by atoms with Gasteiger partial charge in [-0.2, -0.15) is 9.97 Å². The highest BCUT2D eigenvalue weighted by Crippen LogP contribution is 2.37. The minimum absolute atomic E-state index is 0.0275. The van der Waals surface area contributed by atoms with E-state index in [4.69, 9.17) is 16.6 Å². The molecule has 0 aliphatic heterocycles. The van der Waals surface area contributed by atoms with Gasteiger partial charge in [0.2, 0.25) is 5.28 Å². The van der Waals surface area contributed by atoms with Crippen molar-refractivity contribution in [1.29, 1.82) is 0 Å². The topological polar surface area (TPSA) is 75.9 Å². The zero-order valence-electron chi connectivity index (χ0n) is 18.5. The van der Waals surface area contributed by atoms with Crippen molar-refractivity contribution in [1.82, 2.24) is 19.5 Å². The molecule has 1 unspecified atom stereocenters. The van der Waals surface area contributed by atoms with Crippen molar-refractivity contribution in [2.45, 2.75) is 50.6 Å². The predicted molar refractivity (Wildman–Crippen MR) is 132 cm³/mol. The van der Waals surface area contributed by atoms with Gasteiger partial charge in [-0.1, -0.05) is 73.5 Å². The molecule has 1 fully saturated rings. The van der Waals surface area contributed by atoms with Crippen LogP contribution in [-0.4, -0.2) is 37.3 Å². The molecule has 0 spiro atoms. The average Bonchev–Trinajstić information content (AvgIpc) is 3.48. The van der Waals surface area contributed by atoms with Gasteiger partial charge in [0.15, 0.2) is 11.5 Å². The highest BCUT2D eigenvalue weighted by Gasteiger charge is 2.27. The molecular weight excluding hydrogens is 434 g/mol. The van der Waals surface area contributed by atoms with E-state index in [0.717, 1.165) is 29.7 Å². The van der Waals surface area contributed by atoms with Gasteiger partial charge >= 0.3 is 0 Å². The highest BCUT2D eigenvalue weighted by atomic mass is 35.5. The van der Waals surface area contributed by atoms with Gasteiger partial charge in [-0.05, 0) is 42.0 Å². The van der Waals surface area contributed by atoms with E-state index >= 15 is 0 Å². The minimum atomic E-state index is -0.212. The molecule has 2 aromatic carbocycles. The van der Waals surface area contributed by atoms with Gasteiger partial charge in [-0.3, -0.25) is 0 Å². The van der Waals surface area contributed by atoms with Crippen LogP contribution in [0.2, 0.25) is 5.28 Å². The van der Waals surface area contributed by atoms with E-state index in [9.17, 15) is 5.11 Å². The number of rotatable bonds is 8. The smallest absolute Gasteiger partial charge is 0.226 e. The van der Waals surface area contributed by atoms with Gasteiger partial charge in [0, 0.05) is 12.5 Å². The third kappa shape index (κ3) is 4.87. The Morgan fingerprint density at radius 3 is 2.27 bits per heavy atom. The minimum Gasteiger partial charge on any atom is -0.394 e. The van der Waals surface area contributed by atoms with Crippen LogP contribution in [-0.2, 0) is 13.0 Å². The average molecular weight is 462 g/mol. The lowest BCUT2D eigenvalue weighted by Gasteiger charge is -2.19. The van der Waals surface area contributed by atoms with E-state index < -0.39 is 0 Å². The molecule has 2 N–H and O–H groups in total. The number of hydrogen-bond acceptors (Lipinski definition) is 5. The van der Waals surface area contributed by atoms with E-state index in [1.165, 1.54) is 18.4 Å². The van der Waals surface area contributed by atoms with Crippen molar-refractivity contribution < 1.29 is 5.11 Å². The first-order valence-electron chi connectivity index (χ1n) is 11.6. The fourth-order valence-corrected chi connectivity index (χ4v) is 4.97. The third-order valence-corrected chi connectivity index (χ3v) is 6.56. The second-order valence-electron chi connectivity index (χ2n) is 8.75. The predicted octanol–water partition coefficient (Wildman–Crippen LogP) is 5.20. The monoisotopic (exact) mass is 461 g/mol.